The van der Waals surface area contributed by atoms with Crippen LogP contribution in [0.1, 0.15) is 31.2 Å². The molecular weight excluding hydrogens is 175 g/mol. The van der Waals surface area contributed by atoms with Crippen LogP contribution in [-0.2, 0) is 0 Å². The molecule has 0 amide bonds. The van der Waals surface area contributed by atoms with E-state index in [1.54, 1.807) is 18.1 Å². The highest BCUT2D eigenvalue weighted by Gasteiger charge is 2.44. The maximum Gasteiger partial charge on any atom is 0.149 e. The van der Waals surface area contributed by atoms with Crippen molar-refractivity contribution < 1.29 is 4.39 Å². The average molecular weight is 189 g/mol. The molecule has 0 aromatic heterocycles. The summed E-state index contributed by atoms with van der Waals surface area (Å²) in [7, 11) is 0. The van der Waals surface area contributed by atoms with Crippen LogP contribution in [0.15, 0.2) is 24.3 Å². The lowest BCUT2D eigenvalue weighted by molar-refractivity contribution is 0.524. The lowest BCUT2D eigenvalue weighted by Gasteiger charge is -2.15. The summed E-state index contributed by atoms with van der Waals surface area (Å²) in [6.45, 7) is 0. The molecule has 0 radical (unpaired) electrons. The second kappa shape index (κ2) is 3.01. The van der Waals surface area contributed by atoms with Gasteiger partial charge < -0.3 is 0 Å². The van der Waals surface area contributed by atoms with Gasteiger partial charge in [-0.3, -0.25) is 0 Å². The SMILES string of the molecule is Fc1ccc([C+]2CC3CCC2C3)cc1. The van der Waals surface area contributed by atoms with Crippen molar-refractivity contribution in [2.45, 2.75) is 25.7 Å². The van der Waals surface area contributed by atoms with E-state index in [-0.39, 0.29) is 5.82 Å². The van der Waals surface area contributed by atoms with Gasteiger partial charge in [-0.25, -0.2) is 4.39 Å². The molecule has 0 spiro atoms. The lowest BCUT2D eigenvalue weighted by Crippen LogP contribution is -2.09. The first-order valence-electron chi connectivity index (χ1n) is 5.44. The number of fused-ring (bicyclic) bond motifs is 2. The quantitative estimate of drug-likeness (QED) is 0.592. The fourth-order valence-electron chi connectivity index (χ4n) is 3.07. The van der Waals surface area contributed by atoms with E-state index in [1.165, 1.54) is 31.2 Å². The third-order valence-electron chi connectivity index (χ3n) is 3.76. The highest BCUT2D eigenvalue weighted by atomic mass is 19.1. The minimum Gasteiger partial charge on any atom is -0.204 e. The van der Waals surface area contributed by atoms with E-state index in [4.69, 9.17) is 0 Å². The van der Waals surface area contributed by atoms with Crippen LogP contribution in [0.5, 0.6) is 0 Å². The molecule has 2 aliphatic carbocycles. The third kappa shape index (κ3) is 1.23. The molecule has 1 aromatic carbocycles. The lowest BCUT2D eigenvalue weighted by atomic mass is 9.83. The Labute approximate surface area is 84.1 Å². The Balaban J connectivity index is 1.86. The van der Waals surface area contributed by atoms with Gasteiger partial charge in [-0.1, -0.05) is 0 Å². The van der Waals surface area contributed by atoms with Gasteiger partial charge in [0.1, 0.15) is 11.4 Å². The molecule has 0 N–H and O–H groups in total. The molecule has 2 bridgehead atoms. The van der Waals surface area contributed by atoms with E-state index in [9.17, 15) is 4.39 Å². The van der Waals surface area contributed by atoms with Crippen LogP contribution in [0.25, 0.3) is 0 Å². The van der Waals surface area contributed by atoms with Crippen molar-refractivity contribution in [2.24, 2.45) is 11.8 Å². The van der Waals surface area contributed by atoms with Crippen LogP contribution in [0.3, 0.4) is 0 Å². The van der Waals surface area contributed by atoms with Gasteiger partial charge in [-0.15, -0.1) is 0 Å². The fourth-order valence-corrected chi connectivity index (χ4v) is 3.07. The van der Waals surface area contributed by atoms with Crippen molar-refractivity contribution in [2.75, 3.05) is 0 Å². The minimum absolute atomic E-state index is 0.127. The van der Waals surface area contributed by atoms with Gasteiger partial charge in [0.05, 0.1) is 0 Å². The van der Waals surface area contributed by atoms with E-state index in [2.05, 4.69) is 0 Å². The summed E-state index contributed by atoms with van der Waals surface area (Å²) in [5.41, 5.74) is 1.28. The van der Waals surface area contributed by atoms with Crippen LogP contribution in [0.4, 0.5) is 4.39 Å². The Bertz CT molecular complexity index is 328. The van der Waals surface area contributed by atoms with E-state index >= 15 is 0 Å². The van der Waals surface area contributed by atoms with Crippen LogP contribution in [0, 0.1) is 23.6 Å². The summed E-state index contributed by atoms with van der Waals surface area (Å²) in [4.78, 5) is 0. The van der Waals surface area contributed by atoms with Gasteiger partial charge in [0, 0.05) is 42.5 Å². The number of hydrogen-bond donors (Lipinski definition) is 0. The molecule has 2 aliphatic rings. The Morgan fingerprint density at radius 2 is 1.93 bits per heavy atom. The number of halogens is 1. The maximum absolute atomic E-state index is 12.8. The monoisotopic (exact) mass is 189 g/mol. The van der Waals surface area contributed by atoms with E-state index in [0.29, 0.717) is 0 Å². The summed E-state index contributed by atoms with van der Waals surface area (Å²) in [5, 5.41) is 0. The molecular formula is C13H14F+. The van der Waals surface area contributed by atoms with Crippen LogP contribution in [-0.4, -0.2) is 0 Å². The molecule has 0 aliphatic heterocycles. The Kier molecular flexibility index (Phi) is 1.79. The van der Waals surface area contributed by atoms with Gasteiger partial charge in [0.2, 0.25) is 0 Å². The Hall–Kier alpha value is -0.980. The smallest absolute Gasteiger partial charge is 0.149 e. The zero-order valence-electron chi connectivity index (χ0n) is 8.17. The first-order valence-corrected chi connectivity index (χ1v) is 5.44. The summed E-state index contributed by atoms with van der Waals surface area (Å²) >= 11 is 0. The molecule has 72 valence electrons. The normalized spacial score (nSPS) is 29.9. The second-order valence-corrected chi connectivity index (χ2v) is 4.61. The summed E-state index contributed by atoms with van der Waals surface area (Å²) in [6, 6.07) is 7.03. The predicted molar refractivity (Wildman–Crippen MR) is 54.2 cm³/mol. The molecule has 2 unspecified atom stereocenters. The van der Waals surface area contributed by atoms with Crippen molar-refractivity contribution in [3.8, 4) is 0 Å². The average Bonchev–Trinajstić information content (AvgIpc) is 2.80. The van der Waals surface area contributed by atoms with Crippen molar-refractivity contribution in [3.05, 3.63) is 41.6 Å². The third-order valence-corrected chi connectivity index (χ3v) is 3.76. The molecule has 1 aromatic rings. The van der Waals surface area contributed by atoms with E-state index < -0.39 is 0 Å². The molecule has 0 heterocycles. The van der Waals surface area contributed by atoms with Gasteiger partial charge in [0.15, 0.2) is 0 Å². The van der Waals surface area contributed by atoms with Crippen LogP contribution < -0.4 is 0 Å². The summed E-state index contributed by atoms with van der Waals surface area (Å²) in [6.07, 6.45) is 5.41. The molecule has 1 heteroatoms. The number of rotatable bonds is 1. The van der Waals surface area contributed by atoms with Gasteiger partial charge >= 0.3 is 0 Å². The summed E-state index contributed by atoms with van der Waals surface area (Å²) < 4.78 is 12.8. The molecule has 3 rings (SSSR count). The standard InChI is InChI=1S/C13H14F/c14-12-5-3-10(4-6-12)13-8-9-1-2-11(13)7-9/h3-6,9,11H,1-2,7-8H2/q+1. The zero-order valence-corrected chi connectivity index (χ0v) is 8.17. The zero-order chi connectivity index (χ0) is 9.54. The first kappa shape index (κ1) is 8.34. The van der Waals surface area contributed by atoms with E-state index in [0.717, 1.165) is 11.8 Å². The molecule has 2 atom stereocenters. The number of hydrogen-bond acceptors (Lipinski definition) is 0. The van der Waals surface area contributed by atoms with E-state index in [1.807, 2.05) is 12.1 Å². The molecule has 2 saturated carbocycles. The first-order chi connectivity index (χ1) is 6.83. The van der Waals surface area contributed by atoms with Crippen molar-refractivity contribution in [1.29, 1.82) is 0 Å². The molecule has 0 nitrogen and oxygen atoms in total. The maximum atomic E-state index is 12.8. The fraction of sp³-hybridized carbons (Fsp3) is 0.462. The Morgan fingerprint density at radius 1 is 1.14 bits per heavy atom. The summed E-state index contributed by atoms with van der Waals surface area (Å²) in [5.74, 6) is 3.20. The van der Waals surface area contributed by atoms with Gasteiger partial charge in [-0.2, -0.15) is 0 Å². The van der Waals surface area contributed by atoms with Gasteiger partial charge in [0.25, 0.3) is 0 Å². The second-order valence-electron chi connectivity index (χ2n) is 4.61. The Morgan fingerprint density at radius 3 is 2.50 bits per heavy atom. The molecule has 0 saturated heterocycles. The predicted octanol–water partition coefficient (Wildman–Crippen LogP) is 3.57. The minimum atomic E-state index is -0.127. The highest BCUT2D eigenvalue weighted by Crippen LogP contribution is 2.52. The highest BCUT2D eigenvalue weighted by molar-refractivity contribution is 5.35. The molecule has 2 fully saturated rings. The van der Waals surface area contributed by atoms with Crippen LogP contribution >= 0.6 is 0 Å². The van der Waals surface area contributed by atoms with Crippen LogP contribution in [0.2, 0.25) is 0 Å². The number of benzene rings is 1. The topological polar surface area (TPSA) is 0 Å². The van der Waals surface area contributed by atoms with Crippen molar-refractivity contribution in [3.63, 3.8) is 0 Å². The van der Waals surface area contributed by atoms with Crippen molar-refractivity contribution in [1.82, 2.24) is 0 Å². The largest absolute Gasteiger partial charge is 0.204 e. The molecule has 14 heavy (non-hydrogen) atoms. The van der Waals surface area contributed by atoms with Gasteiger partial charge in [-0.05, 0) is 25.2 Å². The van der Waals surface area contributed by atoms with Crippen molar-refractivity contribution >= 4 is 0 Å².